The summed E-state index contributed by atoms with van der Waals surface area (Å²) >= 11 is 3.35. The molecule has 0 amide bonds. The van der Waals surface area contributed by atoms with Crippen molar-refractivity contribution >= 4 is 27.6 Å². The maximum absolute atomic E-state index is 13.5. The Morgan fingerprint density at radius 2 is 1.68 bits per heavy atom. The van der Waals surface area contributed by atoms with Crippen LogP contribution in [0.15, 0.2) is 47.1 Å². The number of carbonyl (C=O) groups excluding carboxylic acids is 1. The molecule has 142 valence electrons. The summed E-state index contributed by atoms with van der Waals surface area (Å²) in [4.78, 5) is 16.0. The molecule has 3 rings (SSSR count). The first kappa shape index (κ1) is 19.8. The molecule has 0 saturated carbocycles. The molecule has 0 atom stereocenters. The number of rotatable bonds is 4. The highest BCUT2D eigenvalue weighted by molar-refractivity contribution is 9.10. The lowest BCUT2D eigenvalue weighted by Gasteiger charge is -2.09. The summed E-state index contributed by atoms with van der Waals surface area (Å²) in [6, 6.07) is 10.1. The molecule has 0 aliphatic heterocycles. The summed E-state index contributed by atoms with van der Waals surface area (Å²) in [6.45, 7) is 9.41. The van der Waals surface area contributed by atoms with Crippen molar-refractivity contribution in [3.05, 3.63) is 75.8 Å². The number of benzene rings is 2. The lowest BCUT2D eigenvalue weighted by Crippen LogP contribution is -2.11. The van der Waals surface area contributed by atoms with Crippen LogP contribution in [-0.4, -0.2) is 17.1 Å². The molecule has 0 saturated heterocycles. The average Bonchev–Trinajstić information content (AvgIpc) is 2.92. The van der Waals surface area contributed by atoms with Crippen LogP contribution in [0.1, 0.15) is 17.4 Å². The van der Waals surface area contributed by atoms with E-state index < -0.39 is 17.6 Å². The number of ether oxygens (including phenoxy) is 1. The molecule has 4 nitrogen and oxygen atoms in total. The second-order valence-corrected chi connectivity index (χ2v) is 6.74. The molecule has 1 aromatic heterocycles. The monoisotopic (exact) mass is 444 g/mol. The number of aromatic nitrogens is 1. The van der Waals surface area contributed by atoms with Gasteiger partial charge in [0.05, 0.1) is 17.8 Å². The van der Waals surface area contributed by atoms with Gasteiger partial charge in [-0.3, -0.25) is 0 Å². The van der Waals surface area contributed by atoms with Gasteiger partial charge in [0.1, 0.15) is 17.3 Å². The van der Waals surface area contributed by atoms with Crippen LogP contribution < -0.4 is 0 Å². The van der Waals surface area contributed by atoms with E-state index >= 15 is 0 Å². The van der Waals surface area contributed by atoms with E-state index in [9.17, 15) is 13.6 Å². The SMILES string of the molecule is [C-]#[N+]c1c(-c2ccc(-c3cc(F)cc(F)c3)cc2)c(C(=O)OCC)n(C)c1Br. The quantitative estimate of drug-likeness (QED) is 0.358. The van der Waals surface area contributed by atoms with Crippen molar-refractivity contribution in [1.82, 2.24) is 4.57 Å². The highest BCUT2D eigenvalue weighted by Crippen LogP contribution is 2.42. The van der Waals surface area contributed by atoms with Gasteiger partial charge in [-0.1, -0.05) is 24.3 Å². The van der Waals surface area contributed by atoms with Crippen LogP contribution in [0.5, 0.6) is 0 Å². The molecule has 0 aliphatic rings. The first-order valence-electron chi connectivity index (χ1n) is 8.37. The van der Waals surface area contributed by atoms with Gasteiger partial charge in [-0.15, -0.1) is 0 Å². The fourth-order valence-electron chi connectivity index (χ4n) is 3.00. The summed E-state index contributed by atoms with van der Waals surface area (Å²) < 4.78 is 34.1. The third-order valence-electron chi connectivity index (χ3n) is 4.25. The summed E-state index contributed by atoms with van der Waals surface area (Å²) in [5, 5.41) is 0. The molecular weight excluding hydrogens is 430 g/mol. The first-order valence-corrected chi connectivity index (χ1v) is 9.16. The Bertz CT molecular complexity index is 1080. The van der Waals surface area contributed by atoms with E-state index in [0.717, 1.165) is 6.07 Å². The highest BCUT2D eigenvalue weighted by atomic mass is 79.9. The molecule has 0 aliphatic carbocycles. The zero-order valence-corrected chi connectivity index (χ0v) is 16.7. The third kappa shape index (κ3) is 3.56. The Kier molecular flexibility index (Phi) is 5.61. The third-order valence-corrected chi connectivity index (χ3v) is 5.16. The summed E-state index contributed by atoms with van der Waals surface area (Å²) in [5.41, 5.74) is 2.61. The van der Waals surface area contributed by atoms with Gasteiger partial charge in [0, 0.05) is 18.7 Å². The molecule has 0 unspecified atom stereocenters. The Morgan fingerprint density at radius 3 is 2.21 bits per heavy atom. The van der Waals surface area contributed by atoms with Crippen molar-refractivity contribution in [2.24, 2.45) is 7.05 Å². The van der Waals surface area contributed by atoms with E-state index in [2.05, 4.69) is 20.8 Å². The lowest BCUT2D eigenvalue weighted by molar-refractivity contribution is 0.0516. The second kappa shape index (κ2) is 7.95. The van der Waals surface area contributed by atoms with E-state index in [4.69, 9.17) is 11.3 Å². The zero-order valence-electron chi connectivity index (χ0n) is 15.1. The van der Waals surface area contributed by atoms with E-state index in [1.807, 2.05) is 0 Å². The minimum Gasteiger partial charge on any atom is -0.461 e. The predicted octanol–water partition coefficient (Wildman–Crippen LogP) is 6.13. The summed E-state index contributed by atoms with van der Waals surface area (Å²) in [7, 11) is 1.67. The molecular formula is C21H15BrF2N2O2. The van der Waals surface area contributed by atoms with E-state index in [-0.39, 0.29) is 18.0 Å². The molecule has 0 bridgehead atoms. The Hall–Kier alpha value is -2.98. The topological polar surface area (TPSA) is 35.6 Å². The predicted molar refractivity (Wildman–Crippen MR) is 106 cm³/mol. The Balaban J connectivity index is 2.13. The molecule has 7 heteroatoms. The Labute approximate surface area is 169 Å². The molecule has 0 fully saturated rings. The van der Waals surface area contributed by atoms with Gasteiger partial charge < -0.3 is 9.30 Å². The van der Waals surface area contributed by atoms with Gasteiger partial charge in [-0.05, 0) is 51.7 Å². The van der Waals surface area contributed by atoms with Crippen LogP contribution in [0.4, 0.5) is 14.5 Å². The lowest BCUT2D eigenvalue weighted by atomic mass is 9.99. The molecule has 28 heavy (non-hydrogen) atoms. The molecule has 1 heterocycles. The van der Waals surface area contributed by atoms with Crippen LogP contribution in [0.3, 0.4) is 0 Å². The normalized spacial score (nSPS) is 10.6. The van der Waals surface area contributed by atoms with Crippen molar-refractivity contribution in [1.29, 1.82) is 0 Å². The second-order valence-electron chi connectivity index (χ2n) is 5.99. The van der Waals surface area contributed by atoms with Gasteiger partial charge in [0.25, 0.3) is 0 Å². The standard InChI is InChI=1S/C21H15BrF2N2O2/c1-4-28-21(27)19-17(18(25-2)20(22)26(19)3)13-7-5-12(6-8-13)14-9-15(23)11-16(24)10-14/h5-11H,4H2,1,3H3. The van der Waals surface area contributed by atoms with Crippen LogP contribution in [0.25, 0.3) is 27.1 Å². The minimum atomic E-state index is -0.661. The van der Waals surface area contributed by atoms with Crippen molar-refractivity contribution in [2.45, 2.75) is 6.92 Å². The van der Waals surface area contributed by atoms with Gasteiger partial charge in [-0.25, -0.2) is 18.4 Å². The maximum Gasteiger partial charge on any atom is 0.354 e. The number of halogens is 3. The van der Waals surface area contributed by atoms with Gasteiger partial charge in [0.2, 0.25) is 5.69 Å². The van der Waals surface area contributed by atoms with Crippen LogP contribution in [0.2, 0.25) is 0 Å². The number of hydrogen-bond donors (Lipinski definition) is 0. The highest BCUT2D eigenvalue weighted by Gasteiger charge is 2.26. The zero-order chi connectivity index (χ0) is 20.4. The van der Waals surface area contributed by atoms with E-state index in [1.54, 1.807) is 42.8 Å². The van der Waals surface area contributed by atoms with Gasteiger partial charge in [-0.2, -0.15) is 0 Å². The fourth-order valence-corrected chi connectivity index (χ4v) is 3.47. The van der Waals surface area contributed by atoms with Gasteiger partial charge >= 0.3 is 5.97 Å². The van der Waals surface area contributed by atoms with E-state index in [1.165, 1.54) is 12.1 Å². The molecule has 0 spiro atoms. The first-order chi connectivity index (χ1) is 13.4. The molecule has 2 aromatic carbocycles. The Morgan fingerprint density at radius 1 is 1.11 bits per heavy atom. The molecule has 0 radical (unpaired) electrons. The number of nitrogens with zero attached hydrogens (tertiary/aromatic N) is 2. The van der Waals surface area contributed by atoms with Gasteiger partial charge in [0.15, 0.2) is 0 Å². The van der Waals surface area contributed by atoms with Crippen LogP contribution in [-0.2, 0) is 11.8 Å². The summed E-state index contributed by atoms with van der Waals surface area (Å²) in [5.74, 6) is -1.86. The van der Waals surface area contributed by atoms with Crippen molar-refractivity contribution in [3.63, 3.8) is 0 Å². The number of carbonyl (C=O) groups is 1. The van der Waals surface area contributed by atoms with Crippen LogP contribution in [0, 0.1) is 18.2 Å². The van der Waals surface area contributed by atoms with Crippen molar-refractivity contribution < 1.29 is 18.3 Å². The minimum absolute atomic E-state index is 0.207. The maximum atomic E-state index is 13.5. The number of hydrogen-bond acceptors (Lipinski definition) is 2. The van der Waals surface area contributed by atoms with Crippen LogP contribution >= 0.6 is 15.9 Å². The molecule has 3 aromatic rings. The fraction of sp³-hybridized carbons (Fsp3) is 0.143. The molecule has 0 N–H and O–H groups in total. The average molecular weight is 445 g/mol. The summed E-state index contributed by atoms with van der Waals surface area (Å²) in [6.07, 6.45) is 0. The van der Waals surface area contributed by atoms with Crippen molar-refractivity contribution in [2.75, 3.05) is 6.61 Å². The van der Waals surface area contributed by atoms with Crippen molar-refractivity contribution in [3.8, 4) is 22.3 Å². The largest absolute Gasteiger partial charge is 0.461 e. The number of esters is 1. The van der Waals surface area contributed by atoms with E-state index in [0.29, 0.717) is 26.9 Å². The smallest absolute Gasteiger partial charge is 0.354 e.